The Bertz CT molecular complexity index is 916. The average Bonchev–Trinajstić information content (AvgIpc) is 2.75. The number of para-hydroxylation sites is 1. The van der Waals surface area contributed by atoms with Crippen molar-refractivity contribution in [1.82, 2.24) is 10.2 Å². The standard InChI is InChI=1S/C24H27FN2O3/c1-17(18-7-9-20(25)10-8-18)15-23(28)26-21-11-13-27(14-12-21)24(29)16-19-5-3-4-6-22(19)30-2/h3-10,15,21H,11-14,16H2,1-2H3,(H,26,28)/b17-15-. The molecule has 1 saturated heterocycles. The van der Waals surface area contributed by atoms with Crippen LogP contribution in [-0.2, 0) is 16.0 Å². The third kappa shape index (κ3) is 5.69. The van der Waals surface area contributed by atoms with Gasteiger partial charge in [-0.1, -0.05) is 30.3 Å². The molecule has 6 heteroatoms. The van der Waals surface area contributed by atoms with Crippen LogP contribution < -0.4 is 10.1 Å². The van der Waals surface area contributed by atoms with Crippen LogP contribution in [0.3, 0.4) is 0 Å². The fourth-order valence-corrected chi connectivity index (χ4v) is 3.63. The Morgan fingerprint density at radius 2 is 1.80 bits per heavy atom. The number of nitrogens with zero attached hydrogens (tertiary/aromatic N) is 1. The summed E-state index contributed by atoms with van der Waals surface area (Å²) >= 11 is 0. The number of hydrogen-bond donors (Lipinski definition) is 1. The Labute approximate surface area is 176 Å². The molecule has 0 atom stereocenters. The lowest BCUT2D eigenvalue weighted by atomic mass is 10.0. The van der Waals surface area contributed by atoms with Crippen LogP contribution in [0, 0.1) is 5.82 Å². The van der Waals surface area contributed by atoms with Gasteiger partial charge in [-0.25, -0.2) is 4.39 Å². The molecule has 0 unspecified atom stereocenters. The number of ether oxygens (including phenoxy) is 1. The van der Waals surface area contributed by atoms with Crippen molar-refractivity contribution in [2.45, 2.75) is 32.2 Å². The number of hydrogen-bond acceptors (Lipinski definition) is 3. The molecule has 3 rings (SSSR count). The molecule has 0 bridgehead atoms. The summed E-state index contributed by atoms with van der Waals surface area (Å²) in [4.78, 5) is 26.8. The summed E-state index contributed by atoms with van der Waals surface area (Å²) in [5, 5.41) is 3.01. The zero-order valence-corrected chi connectivity index (χ0v) is 17.4. The van der Waals surface area contributed by atoms with E-state index in [2.05, 4.69) is 5.32 Å². The Balaban J connectivity index is 1.49. The minimum Gasteiger partial charge on any atom is -0.496 e. The van der Waals surface area contributed by atoms with Gasteiger partial charge in [-0.2, -0.15) is 0 Å². The van der Waals surface area contributed by atoms with E-state index in [0.29, 0.717) is 32.4 Å². The lowest BCUT2D eigenvalue weighted by Crippen LogP contribution is -2.46. The highest BCUT2D eigenvalue weighted by molar-refractivity contribution is 5.95. The molecule has 2 aromatic rings. The number of nitrogens with one attached hydrogen (secondary N) is 1. The van der Waals surface area contributed by atoms with Gasteiger partial charge in [0.05, 0.1) is 13.5 Å². The van der Waals surface area contributed by atoms with E-state index in [-0.39, 0.29) is 23.7 Å². The highest BCUT2D eigenvalue weighted by Gasteiger charge is 2.24. The molecule has 1 heterocycles. The van der Waals surface area contributed by atoms with Gasteiger partial charge in [0.25, 0.3) is 0 Å². The summed E-state index contributed by atoms with van der Waals surface area (Å²) in [5.74, 6) is 0.311. The van der Waals surface area contributed by atoms with E-state index in [4.69, 9.17) is 4.74 Å². The molecule has 1 fully saturated rings. The van der Waals surface area contributed by atoms with E-state index in [1.165, 1.54) is 18.2 Å². The van der Waals surface area contributed by atoms with Crippen LogP contribution in [0.1, 0.15) is 30.9 Å². The molecule has 1 aliphatic rings. The molecule has 0 aliphatic carbocycles. The van der Waals surface area contributed by atoms with Crippen LogP contribution in [0.25, 0.3) is 5.57 Å². The van der Waals surface area contributed by atoms with Crippen molar-refractivity contribution < 1.29 is 18.7 Å². The van der Waals surface area contributed by atoms with Gasteiger partial charge in [-0.3, -0.25) is 9.59 Å². The normalized spacial score (nSPS) is 15.0. The van der Waals surface area contributed by atoms with Crippen molar-refractivity contribution >= 4 is 17.4 Å². The molecule has 2 amide bonds. The average molecular weight is 410 g/mol. The number of allylic oxidation sites excluding steroid dienone is 1. The van der Waals surface area contributed by atoms with Crippen LogP contribution >= 0.6 is 0 Å². The van der Waals surface area contributed by atoms with Crippen molar-refractivity contribution in [3.63, 3.8) is 0 Å². The number of piperidine rings is 1. The molecule has 2 aromatic carbocycles. The number of methoxy groups -OCH3 is 1. The third-order valence-corrected chi connectivity index (χ3v) is 5.38. The highest BCUT2D eigenvalue weighted by atomic mass is 19.1. The summed E-state index contributed by atoms with van der Waals surface area (Å²) in [6.45, 7) is 3.05. The molecule has 158 valence electrons. The molecule has 1 N–H and O–H groups in total. The number of rotatable bonds is 6. The number of likely N-dealkylation sites (tertiary alicyclic amines) is 1. The lowest BCUT2D eigenvalue weighted by molar-refractivity contribution is -0.131. The maximum Gasteiger partial charge on any atom is 0.244 e. The zero-order valence-electron chi connectivity index (χ0n) is 17.4. The summed E-state index contributed by atoms with van der Waals surface area (Å²) in [5.41, 5.74) is 2.46. The second-order valence-corrected chi connectivity index (χ2v) is 7.49. The van der Waals surface area contributed by atoms with Crippen LogP contribution in [-0.4, -0.2) is 43.0 Å². The van der Waals surface area contributed by atoms with Crippen molar-refractivity contribution in [2.24, 2.45) is 0 Å². The van der Waals surface area contributed by atoms with Crippen LogP contribution in [0.5, 0.6) is 5.75 Å². The van der Waals surface area contributed by atoms with Gasteiger partial charge in [0, 0.05) is 30.8 Å². The SMILES string of the molecule is COc1ccccc1CC(=O)N1CCC(NC(=O)/C=C(/C)c2ccc(F)cc2)CC1. The summed E-state index contributed by atoms with van der Waals surface area (Å²) in [6.07, 6.45) is 3.27. The minimum atomic E-state index is -0.303. The first kappa shape index (κ1) is 21.6. The van der Waals surface area contributed by atoms with E-state index in [1.807, 2.05) is 36.1 Å². The van der Waals surface area contributed by atoms with Gasteiger partial charge in [0.2, 0.25) is 11.8 Å². The van der Waals surface area contributed by atoms with Gasteiger partial charge in [0.1, 0.15) is 11.6 Å². The lowest BCUT2D eigenvalue weighted by Gasteiger charge is -2.32. The van der Waals surface area contributed by atoms with Gasteiger partial charge in [-0.05, 0) is 49.1 Å². The Kier molecular flexibility index (Phi) is 7.22. The quantitative estimate of drug-likeness (QED) is 0.741. The van der Waals surface area contributed by atoms with Gasteiger partial charge in [-0.15, -0.1) is 0 Å². The monoisotopic (exact) mass is 410 g/mol. The first-order valence-corrected chi connectivity index (χ1v) is 10.1. The summed E-state index contributed by atoms with van der Waals surface area (Å²) in [7, 11) is 1.60. The van der Waals surface area contributed by atoms with E-state index >= 15 is 0 Å². The summed E-state index contributed by atoms with van der Waals surface area (Å²) in [6, 6.07) is 13.6. The molecular weight excluding hydrogens is 383 g/mol. The van der Waals surface area contributed by atoms with Crippen molar-refractivity contribution in [3.05, 3.63) is 71.6 Å². The third-order valence-electron chi connectivity index (χ3n) is 5.38. The fourth-order valence-electron chi connectivity index (χ4n) is 3.63. The predicted molar refractivity (Wildman–Crippen MR) is 114 cm³/mol. The van der Waals surface area contributed by atoms with Crippen LogP contribution in [0.15, 0.2) is 54.6 Å². The molecular formula is C24H27FN2O3. The number of benzene rings is 2. The Hall–Kier alpha value is -3.15. The minimum absolute atomic E-state index is 0.0325. The van der Waals surface area contributed by atoms with Gasteiger partial charge < -0.3 is 15.0 Å². The molecule has 0 aromatic heterocycles. The van der Waals surface area contributed by atoms with E-state index in [9.17, 15) is 14.0 Å². The number of halogens is 1. The second-order valence-electron chi connectivity index (χ2n) is 7.49. The first-order chi connectivity index (χ1) is 14.5. The second kappa shape index (κ2) is 10.1. The van der Waals surface area contributed by atoms with Gasteiger partial charge in [0.15, 0.2) is 0 Å². The van der Waals surface area contributed by atoms with E-state index in [1.54, 1.807) is 19.2 Å². The topological polar surface area (TPSA) is 58.6 Å². The fraction of sp³-hybridized carbons (Fsp3) is 0.333. The molecule has 30 heavy (non-hydrogen) atoms. The number of amides is 2. The van der Waals surface area contributed by atoms with Crippen LogP contribution in [0.2, 0.25) is 0 Å². The summed E-state index contributed by atoms with van der Waals surface area (Å²) < 4.78 is 18.4. The zero-order chi connectivity index (χ0) is 21.5. The highest BCUT2D eigenvalue weighted by Crippen LogP contribution is 2.20. The predicted octanol–water partition coefficient (Wildman–Crippen LogP) is 3.59. The number of carbonyl (C=O) groups excluding carboxylic acids is 2. The smallest absolute Gasteiger partial charge is 0.244 e. The molecule has 0 spiro atoms. The maximum absolute atomic E-state index is 13.0. The molecule has 1 aliphatic heterocycles. The number of carbonyl (C=O) groups is 2. The molecule has 0 radical (unpaired) electrons. The Morgan fingerprint density at radius 1 is 1.13 bits per heavy atom. The van der Waals surface area contributed by atoms with Crippen LogP contribution in [0.4, 0.5) is 4.39 Å². The van der Waals surface area contributed by atoms with Gasteiger partial charge >= 0.3 is 0 Å². The first-order valence-electron chi connectivity index (χ1n) is 10.1. The van der Waals surface area contributed by atoms with E-state index < -0.39 is 0 Å². The largest absolute Gasteiger partial charge is 0.496 e. The molecule has 5 nitrogen and oxygen atoms in total. The molecule has 0 saturated carbocycles. The Morgan fingerprint density at radius 3 is 2.47 bits per heavy atom. The van der Waals surface area contributed by atoms with Crippen molar-refractivity contribution in [1.29, 1.82) is 0 Å². The van der Waals surface area contributed by atoms with E-state index in [0.717, 1.165) is 22.4 Å². The van der Waals surface area contributed by atoms with Crippen molar-refractivity contribution in [3.8, 4) is 5.75 Å². The maximum atomic E-state index is 13.0. The van der Waals surface area contributed by atoms with Crippen molar-refractivity contribution in [2.75, 3.05) is 20.2 Å².